The summed E-state index contributed by atoms with van der Waals surface area (Å²) in [6, 6.07) is 2.15. The number of amides is 1. The second-order valence-electron chi connectivity index (χ2n) is 5.49. The highest BCUT2D eigenvalue weighted by atomic mass is 32.1. The number of carbonyl (C=O) groups excluding carboxylic acids is 1. The molecule has 2 atom stereocenters. The molecule has 2 heterocycles. The number of nitrogens with zero attached hydrogens (tertiary/aromatic N) is 1. The summed E-state index contributed by atoms with van der Waals surface area (Å²) >= 11 is 1.42. The third kappa shape index (κ3) is 2.84. The van der Waals surface area contributed by atoms with Crippen LogP contribution in [0.3, 0.4) is 0 Å². The lowest BCUT2D eigenvalue weighted by molar-refractivity contribution is -0.0443. The van der Waals surface area contributed by atoms with E-state index in [4.69, 9.17) is 9.84 Å². The number of thiophene rings is 1. The van der Waals surface area contributed by atoms with Crippen LogP contribution in [-0.2, 0) is 4.74 Å². The van der Waals surface area contributed by atoms with Crippen LogP contribution in [0.5, 0.6) is 0 Å². The topological polar surface area (TPSA) is 49.8 Å². The second-order valence-corrected chi connectivity index (χ2v) is 6.54. The number of morpholine rings is 1. The van der Waals surface area contributed by atoms with Crippen LogP contribution in [0, 0.1) is 18.8 Å². The number of aryl methyl sites for hydroxylation is 1. The van der Waals surface area contributed by atoms with Gasteiger partial charge < -0.3 is 14.7 Å². The van der Waals surface area contributed by atoms with E-state index in [1.54, 1.807) is 0 Å². The molecular formula is C16H19NO3S. The van der Waals surface area contributed by atoms with Crippen LogP contribution in [0.1, 0.15) is 39.4 Å². The number of aliphatic hydroxyl groups excluding tert-OH is 1. The van der Waals surface area contributed by atoms with Crippen molar-refractivity contribution in [3.05, 3.63) is 21.4 Å². The Bertz CT molecular complexity index is 598. The molecule has 1 amide bonds. The van der Waals surface area contributed by atoms with E-state index in [0.29, 0.717) is 13.2 Å². The van der Waals surface area contributed by atoms with Crippen LogP contribution in [-0.4, -0.2) is 47.8 Å². The van der Waals surface area contributed by atoms with E-state index in [-0.39, 0.29) is 24.7 Å². The van der Waals surface area contributed by atoms with Gasteiger partial charge in [0, 0.05) is 6.54 Å². The number of carbonyl (C=O) groups is 1. The van der Waals surface area contributed by atoms with Crippen molar-refractivity contribution in [1.29, 1.82) is 0 Å². The molecule has 0 bridgehead atoms. The van der Waals surface area contributed by atoms with Crippen molar-refractivity contribution in [2.75, 3.05) is 19.8 Å². The fraction of sp³-hybridized carbons (Fsp3) is 0.562. The predicted molar refractivity (Wildman–Crippen MR) is 81.4 cm³/mol. The van der Waals surface area contributed by atoms with Gasteiger partial charge in [-0.05, 0) is 37.8 Å². The van der Waals surface area contributed by atoms with Crippen molar-refractivity contribution in [3.63, 3.8) is 0 Å². The van der Waals surface area contributed by atoms with Gasteiger partial charge in [-0.25, -0.2) is 0 Å². The van der Waals surface area contributed by atoms with E-state index in [1.165, 1.54) is 11.3 Å². The average Bonchev–Trinajstić information content (AvgIpc) is 3.10. The van der Waals surface area contributed by atoms with E-state index in [2.05, 4.69) is 11.8 Å². The summed E-state index contributed by atoms with van der Waals surface area (Å²) in [7, 11) is 0. The monoisotopic (exact) mass is 305 g/mol. The van der Waals surface area contributed by atoms with Gasteiger partial charge in [0.25, 0.3) is 5.91 Å². The summed E-state index contributed by atoms with van der Waals surface area (Å²) < 4.78 is 5.76. The van der Waals surface area contributed by atoms with Crippen LogP contribution in [0.25, 0.3) is 0 Å². The summed E-state index contributed by atoms with van der Waals surface area (Å²) in [6.45, 7) is 3.10. The normalized spacial score (nSPS) is 24.4. The highest BCUT2D eigenvalue weighted by Crippen LogP contribution is 2.32. The standard InChI is InChI=1S/C16H19NO3S/c1-11-10-15(21-14(11)6-3-8-18)16(19)17-7-9-20-13-5-2-4-12(13)17/h10,12-13,18H,2,4-5,7-9H2,1H3. The molecule has 5 heteroatoms. The van der Waals surface area contributed by atoms with E-state index >= 15 is 0 Å². The lowest BCUT2D eigenvalue weighted by Crippen LogP contribution is -2.51. The number of fused-ring (bicyclic) bond motifs is 1. The molecule has 1 aliphatic heterocycles. The maximum absolute atomic E-state index is 12.8. The van der Waals surface area contributed by atoms with Gasteiger partial charge in [-0.15, -0.1) is 11.3 Å². The van der Waals surface area contributed by atoms with Crippen molar-refractivity contribution < 1.29 is 14.6 Å². The first-order chi connectivity index (χ1) is 10.2. The Morgan fingerprint density at radius 3 is 3.24 bits per heavy atom. The minimum Gasteiger partial charge on any atom is -0.384 e. The summed E-state index contributed by atoms with van der Waals surface area (Å²) in [5.74, 6) is 5.65. The molecule has 112 valence electrons. The van der Waals surface area contributed by atoms with Crippen LogP contribution < -0.4 is 0 Å². The SMILES string of the molecule is Cc1cc(C(=O)N2CCOC3CCCC32)sc1C#CCO. The Hall–Kier alpha value is -1.35. The lowest BCUT2D eigenvalue weighted by Gasteiger charge is -2.37. The molecule has 2 fully saturated rings. The van der Waals surface area contributed by atoms with Gasteiger partial charge in [-0.1, -0.05) is 11.8 Å². The third-order valence-electron chi connectivity index (χ3n) is 4.15. The molecule has 1 N–H and O–H groups in total. The largest absolute Gasteiger partial charge is 0.384 e. The zero-order valence-corrected chi connectivity index (χ0v) is 12.9. The van der Waals surface area contributed by atoms with Crippen molar-refractivity contribution in [3.8, 4) is 11.8 Å². The Morgan fingerprint density at radius 1 is 1.57 bits per heavy atom. The predicted octanol–water partition coefficient (Wildman–Crippen LogP) is 1.79. The molecule has 0 spiro atoms. The fourth-order valence-corrected chi connectivity index (χ4v) is 4.15. The van der Waals surface area contributed by atoms with Crippen molar-refractivity contribution in [2.24, 2.45) is 0 Å². The maximum atomic E-state index is 12.8. The van der Waals surface area contributed by atoms with Gasteiger partial charge in [-0.2, -0.15) is 0 Å². The number of aliphatic hydroxyl groups is 1. The molecule has 0 radical (unpaired) electrons. The molecular weight excluding hydrogens is 286 g/mol. The zero-order valence-electron chi connectivity index (χ0n) is 12.1. The van der Waals surface area contributed by atoms with Gasteiger partial charge in [0.1, 0.15) is 6.61 Å². The summed E-state index contributed by atoms with van der Waals surface area (Å²) in [4.78, 5) is 16.3. The van der Waals surface area contributed by atoms with E-state index in [9.17, 15) is 4.79 Å². The minimum atomic E-state index is -0.159. The molecule has 1 aromatic heterocycles. The van der Waals surface area contributed by atoms with Gasteiger partial charge in [0.05, 0.1) is 28.5 Å². The van der Waals surface area contributed by atoms with Crippen LogP contribution in [0.2, 0.25) is 0 Å². The van der Waals surface area contributed by atoms with Gasteiger partial charge in [0.2, 0.25) is 0 Å². The molecule has 3 rings (SSSR count). The highest BCUT2D eigenvalue weighted by molar-refractivity contribution is 7.14. The first kappa shape index (κ1) is 14.6. The molecule has 1 saturated heterocycles. The number of hydrogen-bond donors (Lipinski definition) is 1. The molecule has 1 saturated carbocycles. The van der Waals surface area contributed by atoms with Gasteiger partial charge in [0.15, 0.2) is 0 Å². The van der Waals surface area contributed by atoms with Crippen LogP contribution in [0.15, 0.2) is 6.07 Å². The van der Waals surface area contributed by atoms with E-state index < -0.39 is 0 Å². The molecule has 2 unspecified atom stereocenters. The third-order valence-corrected chi connectivity index (χ3v) is 5.29. The van der Waals surface area contributed by atoms with Crippen molar-refractivity contribution in [2.45, 2.75) is 38.3 Å². The summed E-state index contributed by atoms with van der Waals surface area (Å²) in [5.41, 5.74) is 1.00. The molecule has 1 aliphatic carbocycles. The van der Waals surface area contributed by atoms with Crippen LogP contribution >= 0.6 is 11.3 Å². The first-order valence-electron chi connectivity index (χ1n) is 7.33. The minimum absolute atomic E-state index is 0.0975. The second kappa shape index (κ2) is 6.18. The maximum Gasteiger partial charge on any atom is 0.264 e. The molecule has 1 aromatic rings. The van der Waals surface area contributed by atoms with Gasteiger partial charge >= 0.3 is 0 Å². The number of hydrogen-bond acceptors (Lipinski definition) is 4. The zero-order chi connectivity index (χ0) is 14.8. The van der Waals surface area contributed by atoms with Crippen molar-refractivity contribution >= 4 is 17.2 Å². The Balaban J connectivity index is 1.81. The first-order valence-corrected chi connectivity index (χ1v) is 8.15. The van der Waals surface area contributed by atoms with E-state index in [1.807, 2.05) is 17.9 Å². The smallest absolute Gasteiger partial charge is 0.264 e. The summed E-state index contributed by atoms with van der Waals surface area (Å²) in [6.07, 6.45) is 3.45. The highest BCUT2D eigenvalue weighted by Gasteiger charge is 2.39. The molecule has 0 aromatic carbocycles. The van der Waals surface area contributed by atoms with Crippen LogP contribution in [0.4, 0.5) is 0 Å². The molecule has 4 nitrogen and oxygen atoms in total. The molecule has 21 heavy (non-hydrogen) atoms. The molecule has 2 aliphatic rings. The van der Waals surface area contributed by atoms with Gasteiger partial charge in [-0.3, -0.25) is 4.79 Å². The Labute approximate surface area is 128 Å². The number of rotatable bonds is 1. The average molecular weight is 305 g/mol. The quantitative estimate of drug-likeness (QED) is 0.805. The Morgan fingerprint density at radius 2 is 2.43 bits per heavy atom. The summed E-state index contributed by atoms with van der Waals surface area (Å²) in [5, 5.41) is 8.78. The fourth-order valence-electron chi connectivity index (χ4n) is 3.15. The number of ether oxygens (including phenoxy) is 1. The van der Waals surface area contributed by atoms with Crippen molar-refractivity contribution in [1.82, 2.24) is 4.90 Å². The Kier molecular flexibility index (Phi) is 4.29. The van der Waals surface area contributed by atoms with E-state index in [0.717, 1.165) is 34.6 Å². The lowest BCUT2D eigenvalue weighted by atomic mass is 10.1.